The fourth-order valence-electron chi connectivity index (χ4n) is 4.39. The standard InChI is InChI=1S/C30H35Cl2N3O4S/c1-22(2)33-30(37)28(20-23-12-6-4-7-13-23)34(21-25-26(31)16-10-17-27(25)32)29(36)18-11-19-35(40(3,38)39)24-14-8-5-9-15-24/h4-10,12-17,22,28H,11,18-21H2,1-3H3,(H,33,37)/t28-/m0/s1. The minimum absolute atomic E-state index is 0.0151. The second kappa shape index (κ2) is 14.5. The molecule has 0 spiro atoms. The summed E-state index contributed by atoms with van der Waals surface area (Å²) in [5.74, 6) is -0.602. The van der Waals surface area contributed by atoms with Gasteiger partial charge in [0.25, 0.3) is 0 Å². The molecule has 214 valence electrons. The number of carbonyl (C=O) groups excluding carboxylic acids is 2. The van der Waals surface area contributed by atoms with Crippen LogP contribution in [0, 0.1) is 0 Å². The van der Waals surface area contributed by atoms with Crippen molar-refractivity contribution in [1.29, 1.82) is 0 Å². The Bertz CT molecular complexity index is 1370. The van der Waals surface area contributed by atoms with E-state index in [1.807, 2.05) is 44.2 Å². The first-order valence-corrected chi connectivity index (χ1v) is 15.7. The number of hydrogen-bond donors (Lipinski definition) is 1. The molecule has 3 rings (SSSR count). The molecular formula is C30H35Cl2N3O4S. The fourth-order valence-corrected chi connectivity index (χ4v) is 5.87. The van der Waals surface area contributed by atoms with E-state index in [4.69, 9.17) is 23.2 Å². The molecule has 1 N–H and O–H groups in total. The van der Waals surface area contributed by atoms with Crippen molar-refractivity contribution in [3.63, 3.8) is 0 Å². The van der Waals surface area contributed by atoms with Crippen LogP contribution in [0.15, 0.2) is 78.9 Å². The maximum absolute atomic E-state index is 13.9. The molecule has 0 heterocycles. The molecule has 0 saturated heterocycles. The predicted octanol–water partition coefficient (Wildman–Crippen LogP) is 5.70. The van der Waals surface area contributed by atoms with Gasteiger partial charge < -0.3 is 10.2 Å². The zero-order chi connectivity index (χ0) is 29.3. The van der Waals surface area contributed by atoms with Crippen LogP contribution in [-0.4, -0.2) is 50.0 Å². The highest BCUT2D eigenvalue weighted by Crippen LogP contribution is 2.28. The zero-order valence-corrected chi connectivity index (χ0v) is 25.2. The summed E-state index contributed by atoms with van der Waals surface area (Å²) in [5, 5.41) is 3.72. The summed E-state index contributed by atoms with van der Waals surface area (Å²) >= 11 is 12.9. The van der Waals surface area contributed by atoms with Crippen molar-refractivity contribution in [2.45, 2.75) is 51.7 Å². The summed E-state index contributed by atoms with van der Waals surface area (Å²) in [6, 6.07) is 22.3. The summed E-state index contributed by atoms with van der Waals surface area (Å²) < 4.78 is 26.3. The first kappa shape index (κ1) is 31.5. The number of nitrogens with one attached hydrogen (secondary N) is 1. The lowest BCUT2D eigenvalue weighted by molar-refractivity contribution is -0.141. The Hall–Kier alpha value is -3.07. The van der Waals surface area contributed by atoms with E-state index in [0.717, 1.165) is 11.8 Å². The molecule has 0 aliphatic rings. The molecular weight excluding hydrogens is 569 g/mol. The lowest BCUT2D eigenvalue weighted by Gasteiger charge is -2.33. The molecule has 0 aliphatic carbocycles. The summed E-state index contributed by atoms with van der Waals surface area (Å²) in [5.41, 5.74) is 1.95. The first-order valence-electron chi connectivity index (χ1n) is 13.1. The van der Waals surface area contributed by atoms with Gasteiger partial charge in [-0.2, -0.15) is 0 Å². The first-order chi connectivity index (χ1) is 19.0. The molecule has 0 saturated carbocycles. The summed E-state index contributed by atoms with van der Waals surface area (Å²) in [6.07, 6.45) is 1.69. The molecule has 0 fully saturated rings. The van der Waals surface area contributed by atoms with Crippen molar-refractivity contribution in [3.05, 3.63) is 100 Å². The highest BCUT2D eigenvalue weighted by Gasteiger charge is 2.31. The normalized spacial score (nSPS) is 12.2. The number of carbonyl (C=O) groups is 2. The third-order valence-electron chi connectivity index (χ3n) is 6.29. The SMILES string of the molecule is CC(C)NC(=O)[C@H](Cc1ccccc1)N(Cc1c(Cl)cccc1Cl)C(=O)CCCN(c1ccccc1)S(C)(=O)=O. The van der Waals surface area contributed by atoms with Gasteiger partial charge in [0, 0.05) is 47.6 Å². The molecule has 0 aromatic heterocycles. The van der Waals surface area contributed by atoms with E-state index in [1.165, 1.54) is 9.21 Å². The average molecular weight is 605 g/mol. The van der Waals surface area contributed by atoms with Crippen LogP contribution in [0.2, 0.25) is 10.0 Å². The number of hydrogen-bond acceptors (Lipinski definition) is 4. The van der Waals surface area contributed by atoms with E-state index in [-0.39, 0.29) is 50.2 Å². The minimum Gasteiger partial charge on any atom is -0.352 e. The van der Waals surface area contributed by atoms with Crippen LogP contribution in [0.4, 0.5) is 5.69 Å². The van der Waals surface area contributed by atoms with Crippen molar-refractivity contribution in [3.8, 4) is 0 Å². The van der Waals surface area contributed by atoms with Crippen molar-refractivity contribution >= 4 is 50.7 Å². The van der Waals surface area contributed by atoms with E-state index in [9.17, 15) is 18.0 Å². The van der Waals surface area contributed by atoms with Gasteiger partial charge >= 0.3 is 0 Å². The molecule has 40 heavy (non-hydrogen) atoms. The van der Waals surface area contributed by atoms with Crippen LogP contribution in [0.3, 0.4) is 0 Å². The Morgan fingerprint density at radius 3 is 2.00 bits per heavy atom. The quantitative estimate of drug-likeness (QED) is 0.271. The van der Waals surface area contributed by atoms with Gasteiger partial charge in [-0.1, -0.05) is 77.8 Å². The van der Waals surface area contributed by atoms with Crippen molar-refractivity contribution in [2.24, 2.45) is 0 Å². The lowest BCUT2D eigenvalue weighted by Crippen LogP contribution is -2.52. The number of nitrogens with zero attached hydrogens (tertiary/aromatic N) is 2. The Kier molecular flexibility index (Phi) is 11.4. The van der Waals surface area contributed by atoms with Crippen LogP contribution in [0.5, 0.6) is 0 Å². The molecule has 3 aromatic carbocycles. The van der Waals surface area contributed by atoms with Crippen molar-refractivity contribution in [2.75, 3.05) is 17.1 Å². The number of rotatable bonds is 13. The van der Waals surface area contributed by atoms with E-state index in [0.29, 0.717) is 21.3 Å². The Labute approximate surface area is 247 Å². The topological polar surface area (TPSA) is 86.8 Å². The highest BCUT2D eigenvalue weighted by atomic mass is 35.5. The lowest BCUT2D eigenvalue weighted by atomic mass is 10.0. The van der Waals surface area contributed by atoms with Gasteiger partial charge in [-0.25, -0.2) is 8.42 Å². The molecule has 2 amide bonds. The largest absolute Gasteiger partial charge is 0.352 e. The molecule has 7 nitrogen and oxygen atoms in total. The maximum Gasteiger partial charge on any atom is 0.243 e. The molecule has 0 unspecified atom stereocenters. The van der Waals surface area contributed by atoms with Crippen LogP contribution in [0.25, 0.3) is 0 Å². The van der Waals surface area contributed by atoms with Crippen molar-refractivity contribution < 1.29 is 18.0 Å². The maximum atomic E-state index is 13.9. The molecule has 0 bridgehead atoms. The van der Waals surface area contributed by atoms with Crippen LogP contribution < -0.4 is 9.62 Å². The number of sulfonamides is 1. The second-order valence-electron chi connectivity index (χ2n) is 9.86. The van der Waals surface area contributed by atoms with Gasteiger partial charge in [0.1, 0.15) is 6.04 Å². The number of para-hydroxylation sites is 1. The fraction of sp³-hybridized carbons (Fsp3) is 0.333. The molecule has 3 aromatic rings. The van der Waals surface area contributed by atoms with Gasteiger partial charge in [0.2, 0.25) is 21.8 Å². The van der Waals surface area contributed by atoms with Crippen LogP contribution in [-0.2, 0) is 32.6 Å². The Balaban J connectivity index is 1.92. The van der Waals surface area contributed by atoms with Gasteiger partial charge in [-0.3, -0.25) is 13.9 Å². The number of anilines is 1. The molecule has 1 atom stereocenters. The molecule has 10 heteroatoms. The third kappa shape index (κ3) is 8.98. The monoisotopic (exact) mass is 603 g/mol. The van der Waals surface area contributed by atoms with Crippen molar-refractivity contribution in [1.82, 2.24) is 10.2 Å². The Morgan fingerprint density at radius 1 is 0.875 bits per heavy atom. The van der Waals surface area contributed by atoms with Gasteiger partial charge in [-0.05, 0) is 50.1 Å². The van der Waals surface area contributed by atoms with E-state index < -0.39 is 16.1 Å². The number of amides is 2. The van der Waals surface area contributed by atoms with Crippen LogP contribution in [0.1, 0.15) is 37.8 Å². The number of benzene rings is 3. The van der Waals surface area contributed by atoms with Gasteiger partial charge in [0.15, 0.2) is 0 Å². The summed E-state index contributed by atoms with van der Waals surface area (Å²) in [7, 11) is -3.57. The van der Waals surface area contributed by atoms with Crippen LogP contribution >= 0.6 is 23.2 Å². The second-order valence-corrected chi connectivity index (χ2v) is 12.6. The molecule has 0 radical (unpaired) electrons. The van der Waals surface area contributed by atoms with E-state index in [2.05, 4.69) is 5.32 Å². The highest BCUT2D eigenvalue weighted by molar-refractivity contribution is 7.92. The average Bonchev–Trinajstić information content (AvgIpc) is 2.90. The van der Waals surface area contributed by atoms with Gasteiger partial charge in [-0.15, -0.1) is 0 Å². The number of halogens is 2. The smallest absolute Gasteiger partial charge is 0.243 e. The van der Waals surface area contributed by atoms with E-state index >= 15 is 0 Å². The zero-order valence-electron chi connectivity index (χ0n) is 22.9. The Morgan fingerprint density at radius 2 is 1.45 bits per heavy atom. The predicted molar refractivity (Wildman–Crippen MR) is 162 cm³/mol. The van der Waals surface area contributed by atoms with E-state index in [1.54, 1.807) is 48.5 Å². The summed E-state index contributed by atoms with van der Waals surface area (Å²) in [4.78, 5) is 28.9. The third-order valence-corrected chi connectivity index (χ3v) is 8.19. The molecule has 0 aliphatic heterocycles. The van der Waals surface area contributed by atoms with Gasteiger partial charge in [0.05, 0.1) is 11.9 Å². The minimum atomic E-state index is -3.57. The summed E-state index contributed by atoms with van der Waals surface area (Å²) in [6.45, 7) is 3.85.